The zero-order chi connectivity index (χ0) is 20.5. The number of hydrogen-bond donors (Lipinski definition) is 1. The molecular formula is C23H18N2O5. The van der Waals surface area contributed by atoms with E-state index < -0.39 is 0 Å². The fourth-order valence-corrected chi connectivity index (χ4v) is 3.29. The average Bonchev–Trinajstić information content (AvgIpc) is 3.41. The second-order valence-corrected chi connectivity index (χ2v) is 6.85. The molecule has 4 aromatic rings. The molecule has 0 radical (unpaired) electrons. The SMILES string of the molecule is Cc1cc(NC(=O)c2ccc(COc3ccc4c(c3)OCO4)o2)c2ccccc2n1. The first kappa shape index (κ1) is 18.1. The van der Waals surface area contributed by atoms with Crippen LogP contribution in [0.4, 0.5) is 5.69 Å². The van der Waals surface area contributed by atoms with Crippen LogP contribution in [-0.4, -0.2) is 17.7 Å². The maximum Gasteiger partial charge on any atom is 0.291 e. The third-order valence-corrected chi connectivity index (χ3v) is 4.70. The maximum atomic E-state index is 12.7. The van der Waals surface area contributed by atoms with Crippen molar-refractivity contribution in [2.45, 2.75) is 13.5 Å². The fraction of sp³-hybridized carbons (Fsp3) is 0.130. The second-order valence-electron chi connectivity index (χ2n) is 6.85. The number of ether oxygens (including phenoxy) is 3. The van der Waals surface area contributed by atoms with Gasteiger partial charge in [0.2, 0.25) is 6.79 Å². The Morgan fingerprint density at radius 3 is 2.87 bits per heavy atom. The van der Waals surface area contributed by atoms with Gasteiger partial charge in [-0.15, -0.1) is 0 Å². The Morgan fingerprint density at radius 1 is 1.07 bits per heavy atom. The number of carbonyl (C=O) groups is 1. The molecule has 7 nitrogen and oxygen atoms in total. The smallest absolute Gasteiger partial charge is 0.291 e. The average molecular weight is 402 g/mol. The number of hydrogen-bond acceptors (Lipinski definition) is 6. The van der Waals surface area contributed by atoms with Crippen molar-refractivity contribution in [3.8, 4) is 17.2 Å². The third kappa shape index (κ3) is 3.53. The lowest BCUT2D eigenvalue weighted by molar-refractivity contribution is 0.0993. The molecule has 2 aromatic carbocycles. The minimum absolute atomic E-state index is 0.185. The molecule has 0 atom stereocenters. The number of carbonyl (C=O) groups excluding carboxylic acids is 1. The van der Waals surface area contributed by atoms with Crippen LogP contribution in [0.1, 0.15) is 22.0 Å². The normalized spacial score (nSPS) is 12.2. The molecule has 1 amide bonds. The van der Waals surface area contributed by atoms with E-state index in [0.717, 1.165) is 16.6 Å². The quantitative estimate of drug-likeness (QED) is 0.521. The lowest BCUT2D eigenvalue weighted by Gasteiger charge is -2.08. The van der Waals surface area contributed by atoms with E-state index in [0.29, 0.717) is 28.7 Å². The lowest BCUT2D eigenvalue weighted by Crippen LogP contribution is -2.11. The molecule has 0 fully saturated rings. The van der Waals surface area contributed by atoms with Crippen molar-refractivity contribution < 1.29 is 23.4 Å². The number of furan rings is 1. The number of aromatic nitrogens is 1. The lowest BCUT2D eigenvalue weighted by atomic mass is 10.1. The van der Waals surface area contributed by atoms with Gasteiger partial charge >= 0.3 is 0 Å². The number of nitrogens with one attached hydrogen (secondary N) is 1. The van der Waals surface area contributed by atoms with Crippen LogP contribution < -0.4 is 19.5 Å². The number of fused-ring (bicyclic) bond motifs is 2. The van der Waals surface area contributed by atoms with E-state index in [2.05, 4.69) is 10.3 Å². The highest BCUT2D eigenvalue weighted by Gasteiger charge is 2.16. The summed E-state index contributed by atoms with van der Waals surface area (Å²) < 4.78 is 22.0. The summed E-state index contributed by atoms with van der Waals surface area (Å²) in [5, 5.41) is 3.78. The summed E-state index contributed by atoms with van der Waals surface area (Å²) in [7, 11) is 0. The standard InChI is InChI=1S/C23H18N2O5/c1-14-10-19(17-4-2-3-5-18(17)24-14)25-23(26)21-9-7-16(30-21)12-27-15-6-8-20-22(11-15)29-13-28-20/h2-11H,12-13H2,1H3,(H,24,25,26). The molecular weight excluding hydrogens is 384 g/mol. The van der Waals surface area contributed by atoms with Crippen molar-refractivity contribution in [3.63, 3.8) is 0 Å². The number of benzene rings is 2. The van der Waals surface area contributed by atoms with Crippen LogP contribution >= 0.6 is 0 Å². The van der Waals surface area contributed by atoms with Gasteiger partial charge in [-0.05, 0) is 43.3 Å². The summed E-state index contributed by atoms with van der Waals surface area (Å²) in [4.78, 5) is 17.2. The molecule has 3 heterocycles. The molecule has 1 N–H and O–H groups in total. The van der Waals surface area contributed by atoms with Crippen LogP contribution in [0.5, 0.6) is 17.2 Å². The maximum absolute atomic E-state index is 12.7. The molecule has 30 heavy (non-hydrogen) atoms. The molecule has 0 saturated carbocycles. The van der Waals surface area contributed by atoms with Gasteiger partial charge in [0.1, 0.15) is 18.1 Å². The van der Waals surface area contributed by atoms with E-state index in [1.807, 2.05) is 37.3 Å². The van der Waals surface area contributed by atoms with Crippen LogP contribution in [0.3, 0.4) is 0 Å². The van der Waals surface area contributed by atoms with Gasteiger partial charge in [-0.3, -0.25) is 9.78 Å². The van der Waals surface area contributed by atoms with Crippen LogP contribution in [0.2, 0.25) is 0 Å². The van der Waals surface area contributed by atoms with E-state index in [9.17, 15) is 4.79 Å². The summed E-state index contributed by atoms with van der Waals surface area (Å²) in [6.45, 7) is 2.28. The Bertz CT molecular complexity index is 1250. The second kappa shape index (κ2) is 7.44. The molecule has 7 heteroatoms. The monoisotopic (exact) mass is 402 g/mol. The summed E-state index contributed by atoms with van der Waals surface area (Å²) in [6.07, 6.45) is 0. The highest BCUT2D eigenvalue weighted by Crippen LogP contribution is 2.35. The Balaban J connectivity index is 1.28. The van der Waals surface area contributed by atoms with E-state index in [4.69, 9.17) is 18.6 Å². The molecule has 2 aromatic heterocycles. The number of rotatable bonds is 5. The number of pyridine rings is 1. The molecule has 0 bridgehead atoms. The summed E-state index contributed by atoms with van der Waals surface area (Å²) in [5.41, 5.74) is 2.34. The van der Waals surface area contributed by atoms with Crippen molar-refractivity contribution in [3.05, 3.63) is 77.9 Å². The summed E-state index contributed by atoms with van der Waals surface area (Å²) in [5.74, 6) is 2.37. The van der Waals surface area contributed by atoms with Crippen molar-refractivity contribution in [2.24, 2.45) is 0 Å². The molecule has 1 aliphatic heterocycles. The molecule has 5 rings (SSSR count). The number of para-hydroxylation sites is 1. The van der Waals surface area contributed by atoms with Gasteiger partial charge in [0.05, 0.1) is 11.2 Å². The van der Waals surface area contributed by atoms with E-state index in [1.165, 1.54) is 0 Å². The fourth-order valence-electron chi connectivity index (χ4n) is 3.29. The topological polar surface area (TPSA) is 82.8 Å². The highest BCUT2D eigenvalue weighted by atomic mass is 16.7. The first-order valence-corrected chi connectivity index (χ1v) is 9.44. The van der Waals surface area contributed by atoms with Gasteiger partial charge in [-0.2, -0.15) is 0 Å². The molecule has 150 valence electrons. The first-order valence-electron chi connectivity index (χ1n) is 9.44. The van der Waals surface area contributed by atoms with Gasteiger partial charge in [0.15, 0.2) is 17.3 Å². The molecule has 0 unspecified atom stereocenters. The Hall–Kier alpha value is -4.00. The van der Waals surface area contributed by atoms with Gasteiger partial charge in [-0.1, -0.05) is 18.2 Å². The van der Waals surface area contributed by atoms with Crippen molar-refractivity contribution in [2.75, 3.05) is 12.1 Å². The van der Waals surface area contributed by atoms with Crippen molar-refractivity contribution in [1.82, 2.24) is 4.98 Å². The molecule has 0 saturated heterocycles. The zero-order valence-electron chi connectivity index (χ0n) is 16.2. The largest absolute Gasteiger partial charge is 0.486 e. The van der Waals surface area contributed by atoms with Crippen LogP contribution in [-0.2, 0) is 6.61 Å². The first-order chi connectivity index (χ1) is 14.7. The molecule has 0 spiro atoms. The molecule has 0 aliphatic carbocycles. The number of amides is 1. The van der Waals surface area contributed by atoms with Crippen molar-refractivity contribution in [1.29, 1.82) is 0 Å². The van der Waals surface area contributed by atoms with Gasteiger partial charge in [-0.25, -0.2) is 0 Å². The Labute approximate surface area is 172 Å². The van der Waals surface area contributed by atoms with E-state index in [1.54, 1.807) is 30.3 Å². The van der Waals surface area contributed by atoms with Crippen LogP contribution in [0, 0.1) is 6.92 Å². The van der Waals surface area contributed by atoms with Gasteiger partial charge in [0.25, 0.3) is 5.91 Å². The summed E-state index contributed by atoms with van der Waals surface area (Å²) >= 11 is 0. The number of anilines is 1. The number of aryl methyl sites for hydroxylation is 1. The predicted molar refractivity (Wildman–Crippen MR) is 110 cm³/mol. The Kier molecular flexibility index (Phi) is 4.48. The third-order valence-electron chi connectivity index (χ3n) is 4.70. The minimum atomic E-state index is -0.333. The van der Waals surface area contributed by atoms with Crippen molar-refractivity contribution >= 4 is 22.5 Å². The predicted octanol–water partition coefficient (Wildman–Crippen LogP) is 4.70. The summed E-state index contributed by atoms with van der Waals surface area (Å²) in [6, 6.07) is 18.2. The van der Waals surface area contributed by atoms with Crippen LogP contribution in [0.15, 0.2) is 65.1 Å². The van der Waals surface area contributed by atoms with Crippen LogP contribution in [0.25, 0.3) is 10.9 Å². The molecule has 1 aliphatic rings. The van der Waals surface area contributed by atoms with Gasteiger partial charge < -0.3 is 23.9 Å². The van der Waals surface area contributed by atoms with Gasteiger partial charge in [0, 0.05) is 17.1 Å². The highest BCUT2D eigenvalue weighted by molar-refractivity contribution is 6.07. The number of nitrogens with zero attached hydrogens (tertiary/aromatic N) is 1. The van der Waals surface area contributed by atoms with E-state index >= 15 is 0 Å². The van der Waals surface area contributed by atoms with E-state index in [-0.39, 0.29) is 25.1 Å². The zero-order valence-corrected chi connectivity index (χ0v) is 16.2. The minimum Gasteiger partial charge on any atom is -0.486 e. The Morgan fingerprint density at radius 2 is 1.93 bits per heavy atom.